The van der Waals surface area contributed by atoms with E-state index in [1.54, 1.807) is 0 Å². The Morgan fingerprint density at radius 3 is 2.87 bits per heavy atom. The van der Waals surface area contributed by atoms with Gasteiger partial charge in [0.25, 0.3) is 0 Å². The minimum absolute atomic E-state index is 0.00435. The van der Waals surface area contributed by atoms with Crippen molar-refractivity contribution < 1.29 is 9.90 Å². The van der Waals surface area contributed by atoms with Crippen molar-refractivity contribution >= 4 is 5.78 Å². The Balaban J connectivity index is 1.94. The van der Waals surface area contributed by atoms with Crippen LogP contribution in [0.5, 0.6) is 0 Å². The van der Waals surface area contributed by atoms with Gasteiger partial charge in [-0.25, -0.2) is 0 Å². The zero-order valence-electron chi connectivity index (χ0n) is 9.24. The predicted molar refractivity (Wildman–Crippen MR) is 57.4 cm³/mol. The molecule has 2 nitrogen and oxygen atoms in total. The molecule has 1 N–H and O–H groups in total. The van der Waals surface area contributed by atoms with Gasteiger partial charge in [-0.2, -0.15) is 0 Å². The lowest BCUT2D eigenvalue weighted by molar-refractivity contribution is -0.167. The Labute approximate surface area is 91.1 Å². The molecule has 0 saturated heterocycles. The molecule has 3 fully saturated rings. The van der Waals surface area contributed by atoms with E-state index in [4.69, 9.17) is 0 Å². The van der Waals surface area contributed by atoms with Crippen molar-refractivity contribution in [2.24, 2.45) is 17.8 Å². The number of Topliss-reactive ketones (excluding diaryl/α,β-unsaturated/α-hetero) is 1. The van der Waals surface area contributed by atoms with E-state index in [0.717, 1.165) is 44.9 Å². The lowest BCUT2D eigenvalue weighted by Gasteiger charge is -2.52. The zero-order chi connectivity index (χ0) is 10.5. The van der Waals surface area contributed by atoms with Crippen molar-refractivity contribution in [3.63, 3.8) is 0 Å². The van der Waals surface area contributed by atoms with E-state index in [1.807, 2.05) is 0 Å². The number of carbonyl (C=O) groups is 1. The first kappa shape index (κ1) is 9.83. The molecule has 0 amide bonds. The highest BCUT2D eigenvalue weighted by Crippen LogP contribution is 2.52. The molecule has 3 aliphatic carbocycles. The highest BCUT2D eigenvalue weighted by atomic mass is 16.3. The summed E-state index contributed by atoms with van der Waals surface area (Å²) < 4.78 is 0. The summed E-state index contributed by atoms with van der Waals surface area (Å²) in [7, 11) is 0. The first-order chi connectivity index (χ1) is 7.22. The number of hydrogen-bond acceptors (Lipinski definition) is 2. The Morgan fingerprint density at radius 2 is 2.00 bits per heavy atom. The summed E-state index contributed by atoms with van der Waals surface area (Å²) in [5.74, 6) is 1.11. The van der Waals surface area contributed by atoms with Crippen molar-refractivity contribution in [3.05, 3.63) is 0 Å². The van der Waals surface area contributed by atoms with Crippen molar-refractivity contribution in [1.82, 2.24) is 0 Å². The van der Waals surface area contributed by atoms with Crippen LogP contribution in [0.3, 0.4) is 0 Å². The minimum Gasteiger partial charge on any atom is -0.389 e. The largest absolute Gasteiger partial charge is 0.389 e. The number of rotatable bonds is 0. The first-order valence-electron chi connectivity index (χ1n) is 6.48. The van der Waals surface area contributed by atoms with Crippen LogP contribution < -0.4 is 0 Å². The van der Waals surface area contributed by atoms with Crippen LogP contribution in [0.25, 0.3) is 0 Å². The lowest BCUT2D eigenvalue weighted by Crippen LogP contribution is -2.57. The minimum atomic E-state index is -0.605. The van der Waals surface area contributed by atoms with Gasteiger partial charge in [-0.3, -0.25) is 4.79 Å². The summed E-state index contributed by atoms with van der Waals surface area (Å²) >= 11 is 0. The van der Waals surface area contributed by atoms with Crippen molar-refractivity contribution in [1.29, 1.82) is 0 Å². The molecule has 0 aliphatic heterocycles. The molecule has 0 aromatic carbocycles. The van der Waals surface area contributed by atoms with Crippen LogP contribution in [-0.2, 0) is 4.79 Å². The van der Waals surface area contributed by atoms with Gasteiger partial charge >= 0.3 is 0 Å². The molecular formula is C13H20O2. The van der Waals surface area contributed by atoms with E-state index >= 15 is 0 Å². The molecule has 2 bridgehead atoms. The summed E-state index contributed by atoms with van der Waals surface area (Å²) in [6.45, 7) is 0. The normalized spacial score (nSPS) is 49.9. The third-order valence-corrected chi connectivity index (χ3v) is 5.05. The van der Waals surface area contributed by atoms with E-state index < -0.39 is 5.60 Å². The van der Waals surface area contributed by atoms with Gasteiger partial charge < -0.3 is 5.11 Å². The number of carbonyl (C=O) groups excluding carboxylic acids is 1. The van der Waals surface area contributed by atoms with Crippen molar-refractivity contribution in [2.75, 3.05) is 0 Å². The second-order valence-electron chi connectivity index (χ2n) is 5.75. The Kier molecular flexibility index (Phi) is 2.17. The maximum absolute atomic E-state index is 12.1. The molecular weight excluding hydrogens is 188 g/mol. The fraction of sp³-hybridized carbons (Fsp3) is 0.923. The maximum Gasteiger partial charge on any atom is 0.141 e. The van der Waals surface area contributed by atoms with Crippen LogP contribution in [0.1, 0.15) is 51.4 Å². The molecule has 4 atom stereocenters. The molecule has 15 heavy (non-hydrogen) atoms. The second kappa shape index (κ2) is 3.31. The monoisotopic (exact) mass is 208 g/mol. The smallest absolute Gasteiger partial charge is 0.141 e. The number of ketones is 1. The van der Waals surface area contributed by atoms with Gasteiger partial charge in [0.1, 0.15) is 5.78 Å². The maximum atomic E-state index is 12.1. The third kappa shape index (κ3) is 1.30. The fourth-order valence-corrected chi connectivity index (χ4v) is 4.24. The molecule has 3 rings (SSSR count). The highest BCUT2D eigenvalue weighted by Gasteiger charge is 2.55. The molecule has 0 spiro atoms. The zero-order valence-corrected chi connectivity index (χ0v) is 9.24. The van der Waals surface area contributed by atoms with E-state index in [-0.39, 0.29) is 5.92 Å². The summed E-state index contributed by atoms with van der Waals surface area (Å²) in [6, 6.07) is 0. The summed E-state index contributed by atoms with van der Waals surface area (Å²) in [4.78, 5) is 12.1. The van der Waals surface area contributed by atoms with Crippen LogP contribution in [0.4, 0.5) is 0 Å². The Bertz CT molecular complexity index is 286. The van der Waals surface area contributed by atoms with E-state index in [1.165, 1.54) is 6.42 Å². The number of aliphatic hydroxyl groups is 1. The van der Waals surface area contributed by atoms with E-state index in [2.05, 4.69) is 0 Å². The van der Waals surface area contributed by atoms with Gasteiger partial charge in [-0.05, 0) is 38.0 Å². The molecule has 0 aromatic rings. The van der Waals surface area contributed by atoms with E-state index in [9.17, 15) is 9.90 Å². The van der Waals surface area contributed by atoms with Crippen LogP contribution in [-0.4, -0.2) is 16.5 Å². The molecule has 3 unspecified atom stereocenters. The van der Waals surface area contributed by atoms with Crippen molar-refractivity contribution in [2.45, 2.75) is 57.0 Å². The summed E-state index contributed by atoms with van der Waals surface area (Å²) in [5, 5.41) is 10.8. The lowest BCUT2D eigenvalue weighted by atomic mass is 9.55. The Hall–Kier alpha value is -0.370. The topological polar surface area (TPSA) is 37.3 Å². The molecule has 0 heterocycles. The van der Waals surface area contributed by atoms with Gasteiger partial charge in [0.15, 0.2) is 0 Å². The number of hydrogen-bond donors (Lipinski definition) is 1. The average Bonchev–Trinajstić information content (AvgIpc) is 2.21. The summed E-state index contributed by atoms with van der Waals surface area (Å²) in [6.07, 6.45) is 8.55. The molecule has 84 valence electrons. The van der Waals surface area contributed by atoms with Gasteiger partial charge in [0, 0.05) is 11.8 Å². The van der Waals surface area contributed by atoms with E-state index in [0.29, 0.717) is 17.6 Å². The quantitative estimate of drug-likeness (QED) is 0.663. The Morgan fingerprint density at radius 1 is 1.13 bits per heavy atom. The van der Waals surface area contributed by atoms with Crippen LogP contribution >= 0.6 is 0 Å². The first-order valence-corrected chi connectivity index (χ1v) is 6.48. The van der Waals surface area contributed by atoms with Crippen molar-refractivity contribution in [3.8, 4) is 0 Å². The molecule has 0 radical (unpaired) electrons. The SMILES string of the molecule is O=C1C2CCC[C@@H]1C1(O)CCCCC1C2. The standard InChI is InChI=1S/C13H20O2/c14-12-9-4-3-6-11(12)13(15)7-2-1-5-10(13)8-9/h9-11,15H,1-8H2/t9?,10?,11-,13?/m0/s1. The summed E-state index contributed by atoms with van der Waals surface area (Å²) in [5.41, 5.74) is -0.605. The molecule has 3 saturated carbocycles. The predicted octanol–water partition coefficient (Wildman–Crippen LogP) is 2.30. The van der Waals surface area contributed by atoms with Crippen LogP contribution in [0.2, 0.25) is 0 Å². The van der Waals surface area contributed by atoms with Crippen LogP contribution in [0.15, 0.2) is 0 Å². The van der Waals surface area contributed by atoms with Crippen LogP contribution in [0, 0.1) is 17.8 Å². The van der Waals surface area contributed by atoms with Gasteiger partial charge in [-0.1, -0.05) is 19.3 Å². The highest BCUT2D eigenvalue weighted by molar-refractivity contribution is 5.86. The molecule has 3 aliphatic rings. The fourth-order valence-electron chi connectivity index (χ4n) is 4.24. The van der Waals surface area contributed by atoms with Gasteiger partial charge in [0.2, 0.25) is 0 Å². The number of fused-ring (bicyclic) bond motifs is 4. The second-order valence-corrected chi connectivity index (χ2v) is 5.75. The molecule has 2 heteroatoms. The molecule has 0 aromatic heterocycles. The third-order valence-electron chi connectivity index (χ3n) is 5.05. The van der Waals surface area contributed by atoms with Gasteiger partial charge in [0.05, 0.1) is 5.60 Å². The van der Waals surface area contributed by atoms with Gasteiger partial charge in [-0.15, -0.1) is 0 Å². The average molecular weight is 208 g/mol.